The number of rotatable bonds is 4. The molecular formula is C20H18ClN3O. The van der Waals surface area contributed by atoms with Gasteiger partial charge in [-0.15, -0.1) is 0 Å². The largest absolute Gasteiger partial charge is 0.490 e. The Labute approximate surface area is 151 Å². The molecule has 0 spiro atoms. The summed E-state index contributed by atoms with van der Waals surface area (Å²) in [5, 5.41) is 10.2. The fourth-order valence-electron chi connectivity index (χ4n) is 2.55. The number of aromatic amines is 1. The molecule has 2 aromatic carbocycles. The van der Waals surface area contributed by atoms with Gasteiger partial charge in [0.2, 0.25) is 0 Å². The van der Waals surface area contributed by atoms with Crippen LogP contribution >= 0.6 is 11.6 Å². The van der Waals surface area contributed by atoms with Crippen LogP contribution in [0, 0.1) is 18.3 Å². The number of aromatic nitrogens is 2. The number of benzene rings is 2. The summed E-state index contributed by atoms with van der Waals surface area (Å²) in [6.45, 7) is 5.92. The summed E-state index contributed by atoms with van der Waals surface area (Å²) >= 11 is 6.12. The van der Waals surface area contributed by atoms with Crippen molar-refractivity contribution in [2.45, 2.75) is 26.9 Å². The van der Waals surface area contributed by atoms with Crippen molar-refractivity contribution in [3.8, 4) is 11.8 Å². The van der Waals surface area contributed by atoms with Crippen molar-refractivity contribution in [3.05, 3.63) is 58.4 Å². The number of nitrogens with zero attached hydrogens (tertiary/aromatic N) is 2. The first-order chi connectivity index (χ1) is 12.0. The molecule has 25 heavy (non-hydrogen) atoms. The molecule has 4 nitrogen and oxygen atoms in total. The van der Waals surface area contributed by atoms with Crippen LogP contribution < -0.4 is 4.74 Å². The Morgan fingerprint density at radius 3 is 2.80 bits per heavy atom. The van der Waals surface area contributed by atoms with Crippen LogP contribution in [-0.2, 0) is 0 Å². The maximum absolute atomic E-state index is 9.61. The molecule has 1 heterocycles. The predicted octanol–water partition coefficient (Wildman–Crippen LogP) is 5.38. The number of aryl methyl sites for hydroxylation is 1. The second-order valence-electron chi connectivity index (χ2n) is 6.12. The molecule has 0 amide bonds. The number of hydrogen-bond donors (Lipinski definition) is 1. The molecule has 5 heteroatoms. The third-order valence-corrected chi connectivity index (χ3v) is 3.88. The Morgan fingerprint density at radius 2 is 2.08 bits per heavy atom. The zero-order chi connectivity index (χ0) is 18.0. The van der Waals surface area contributed by atoms with E-state index in [4.69, 9.17) is 16.3 Å². The van der Waals surface area contributed by atoms with E-state index in [9.17, 15) is 5.26 Å². The molecule has 0 radical (unpaired) electrons. The lowest BCUT2D eigenvalue weighted by molar-refractivity contribution is 0.242. The van der Waals surface area contributed by atoms with E-state index in [1.54, 1.807) is 18.2 Å². The third kappa shape index (κ3) is 3.84. The van der Waals surface area contributed by atoms with Crippen LogP contribution in [0.15, 0.2) is 36.4 Å². The summed E-state index contributed by atoms with van der Waals surface area (Å²) in [7, 11) is 0. The van der Waals surface area contributed by atoms with E-state index in [1.165, 1.54) is 0 Å². The lowest BCUT2D eigenvalue weighted by Crippen LogP contribution is -2.06. The topological polar surface area (TPSA) is 61.7 Å². The van der Waals surface area contributed by atoms with E-state index in [-0.39, 0.29) is 6.10 Å². The van der Waals surface area contributed by atoms with Gasteiger partial charge in [-0.1, -0.05) is 17.7 Å². The molecule has 0 unspecified atom stereocenters. The number of H-pyrrole nitrogens is 1. The molecule has 0 saturated carbocycles. The molecule has 1 N–H and O–H groups in total. The number of fused-ring (bicyclic) bond motifs is 1. The highest BCUT2D eigenvalue weighted by atomic mass is 35.5. The number of nitriles is 1. The Hall–Kier alpha value is -2.77. The monoisotopic (exact) mass is 351 g/mol. The first kappa shape index (κ1) is 17.1. The van der Waals surface area contributed by atoms with Crippen molar-refractivity contribution in [1.82, 2.24) is 9.97 Å². The van der Waals surface area contributed by atoms with E-state index < -0.39 is 0 Å². The fourth-order valence-corrected chi connectivity index (χ4v) is 2.73. The average molecular weight is 352 g/mol. The zero-order valence-corrected chi connectivity index (χ0v) is 15.1. The minimum atomic E-state index is 0.0213. The average Bonchev–Trinajstić information content (AvgIpc) is 2.97. The lowest BCUT2D eigenvalue weighted by Gasteiger charge is -2.12. The van der Waals surface area contributed by atoms with Crippen LogP contribution in [0.4, 0.5) is 0 Å². The highest BCUT2D eigenvalue weighted by Crippen LogP contribution is 2.28. The fraction of sp³-hybridized carbons (Fsp3) is 0.200. The Morgan fingerprint density at radius 1 is 1.28 bits per heavy atom. The van der Waals surface area contributed by atoms with Gasteiger partial charge in [0, 0.05) is 10.6 Å². The van der Waals surface area contributed by atoms with E-state index in [0.717, 1.165) is 22.2 Å². The molecular weight excluding hydrogens is 334 g/mol. The molecule has 0 aliphatic rings. The molecule has 0 aliphatic heterocycles. The van der Waals surface area contributed by atoms with E-state index in [2.05, 4.69) is 16.0 Å². The van der Waals surface area contributed by atoms with E-state index in [1.807, 2.05) is 45.0 Å². The number of hydrogen-bond acceptors (Lipinski definition) is 3. The Bertz CT molecular complexity index is 996. The van der Waals surface area contributed by atoms with Crippen LogP contribution in [0.2, 0.25) is 5.02 Å². The van der Waals surface area contributed by atoms with Gasteiger partial charge in [-0.25, -0.2) is 4.98 Å². The highest BCUT2D eigenvalue weighted by molar-refractivity contribution is 6.30. The van der Waals surface area contributed by atoms with Gasteiger partial charge in [0.25, 0.3) is 0 Å². The predicted molar refractivity (Wildman–Crippen MR) is 102 cm³/mol. The normalized spacial score (nSPS) is 11.8. The number of ether oxygens (including phenoxy) is 1. The van der Waals surface area contributed by atoms with Gasteiger partial charge in [-0.05, 0) is 62.7 Å². The third-order valence-electron chi connectivity index (χ3n) is 3.65. The summed E-state index contributed by atoms with van der Waals surface area (Å²) in [6.07, 6.45) is 1.77. The van der Waals surface area contributed by atoms with Crippen molar-refractivity contribution < 1.29 is 4.74 Å². The summed E-state index contributed by atoms with van der Waals surface area (Å²) in [5.41, 5.74) is 4.03. The van der Waals surface area contributed by atoms with Crippen molar-refractivity contribution in [2.75, 3.05) is 0 Å². The number of allylic oxidation sites excluding steroid dienone is 1. The molecule has 0 saturated heterocycles. The second kappa shape index (κ2) is 7.00. The van der Waals surface area contributed by atoms with Crippen molar-refractivity contribution >= 4 is 34.3 Å². The number of nitrogens with one attached hydrogen (secondary N) is 1. The highest BCUT2D eigenvalue weighted by Gasteiger charge is 2.11. The SMILES string of the molecule is Cc1ccc2nc(C(C#N)=Cc3cc(Cl)ccc3OC(C)C)[nH]c2c1. The van der Waals surface area contributed by atoms with Gasteiger partial charge in [-0.2, -0.15) is 5.26 Å². The lowest BCUT2D eigenvalue weighted by atomic mass is 10.1. The standard InChI is InChI=1S/C20H18ClN3O/c1-12(2)25-19-7-5-16(21)10-14(19)9-15(11-22)20-23-17-6-4-13(3)8-18(17)24-20/h4-10,12H,1-3H3,(H,23,24). The molecule has 0 aliphatic carbocycles. The molecule has 3 rings (SSSR count). The van der Waals surface area contributed by atoms with Crippen molar-refractivity contribution in [1.29, 1.82) is 5.26 Å². The minimum absolute atomic E-state index is 0.0213. The molecule has 1 aromatic heterocycles. The quantitative estimate of drug-likeness (QED) is 0.642. The van der Waals surface area contributed by atoms with E-state index >= 15 is 0 Å². The smallest absolute Gasteiger partial charge is 0.149 e. The molecule has 126 valence electrons. The second-order valence-corrected chi connectivity index (χ2v) is 6.56. The van der Waals surface area contributed by atoms with Crippen LogP contribution in [-0.4, -0.2) is 16.1 Å². The van der Waals surface area contributed by atoms with E-state index in [0.29, 0.717) is 22.2 Å². The van der Waals surface area contributed by atoms with Gasteiger partial charge >= 0.3 is 0 Å². The maximum Gasteiger partial charge on any atom is 0.149 e. The van der Waals surface area contributed by atoms with Crippen molar-refractivity contribution in [3.63, 3.8) is 0 Å². The van der Waals surface area contributed by atoms with Crippen LogP contribution in [0.25, 0.3) is 22.7 Å². The van der Waals surface area contributed by atoms with Gasteiger partial charge in [0.1, 0.15) is 17.6 Å². The zero-order valence-electron chi connectivity index (χ0n) is 14.3. The molecule has 0 fully saturated rings. The Kier molecular flexibility index (Phi) is 4.78. The van der Waals surface area contributed by atoms with Gasteiger partial charge in [-0.3, -0.25) is 0 Å². The van der Waals surface area contributed by atoms with Gasteiger partial charge < -0.3 is 9.72 Å². The van der Waals surface area contributed by atoms with Crippen molar-refractivity contribution in [2.24, 2.45) is 0 Å². The minimum Gasteiger partial charge on any atom is -0.490 e. The van der Waals surface area contributed by atoms with Gasteiger partial charge in [0.05, 0.1) is 22.7 Å². The number of halogens is 1. The first-order valence-electron chi connectivity index (χ1n) is 8.01. The summed E-state index contributed by atoms with van der Waals surface area (Å²) < 4.78 is 5.81. The van der Waals surface area contributed by atoms with Crippen LogP contribution in [0.3, 0.4) is 0 Å². The van der Waals surface area contributed by atoms with Crippen LogP contribution in [0.5, 0.6) is 5.75 Å². The molecule has 0 atom stereocenters. The summed E-state index contributed by atoms with van der Waals surface area (Å²) in [5.74, 6) is 1.21. The number of imidazole rings is 1. The first-order valence-corrected chi connectivity index (χ1v) is 8.39. The van der Waals surface area contributed by atoms with Crippen LogP contribution in [0.1, 0.15) is 30.8 Å². The Balaban J connectivity index is 2.08. The molecule has 0 bridgehead atoms. The summed E-state index contributed by atoms with van der Waals surface area (Å²) in [4.78, 5) is 7.72. The molecule has 3 aromatic rings. The maximum atomic E-state index is 9.61. The summed E-state index contributed by atoms with van der Waals surface area (Å²) in [6, 6.07) is 13.5. The van der Waals surface area contributed by atoms with Gasteiger partial charge in [0.15, 0.2) is 0 Å².